The highest BCUT2D eigenvalue weighted by Crippen LogP contribution is 2.00. The van der Waals surface area contributed by atoms with E-state index < -0.39 is 41.2 Å². The van der Waals surface area contributed by atoms with Gasteiger partial charge in [-0.3, -0.25) is 4.55 Å². The van der Waals surface area contributed by atoms with E-state index in [0.29, 0.717) is 0 Å². The molecule has 0 bridgehead atoms. The normalized spacial score (nSPS) is 12.3. The van der Waals surface area contributed by atoms with E-state index in [0.717, 1.165) is 0 Å². The van der Waals surface area contributed by atoms with Crippen LogP contribution in [0.25, 0.3) is 0 Å². The fraction of sp³-hybridized carbons (Fsp3) is 1.00. The fourth-order valence-corrected chi connectivity index (χ4v) is 1.12. The first-order chi connectivity index (χ1) is 6.39. The van der Waals surface area contributed by atoms with Gasteiger partial charge >= 0.3 is 0 Å². The van der Waals surface area contributed by atoms with Crippen LogP contribution in [0.1, 0.15) is 0 Å². The van der Waals surface area contributed by atoms with E-state index in [9.17, 15) is 8.42 Å². The fourth-order valence-electron chi connectivity index (χ4n) is 0.763. The molecule has 0 aliphatic rings. The van der Waals surface area contributed by atoms with Gasteiger partial charge in [0.25, 0.3) is 10.1 Å². The Hall–Kier alpha value is 0.0400. The highest BCUT2D eigenvalue weighted by Gasteiger charge is 2.27. The minimum atomic E-state index is -4.08. The molecule has 9 heteroatoms. The molecule has 0 radical (unpaired) electrons. The van der Waals surface area contributed by atoms with E-state index in [1.807, 2.05) is 0 Å². The Kier molecular flexibility index (Phi) is 8.53. The lowest BCUT2D eigenvalue weighted by molar-refractivity contribution is 0.0440. The Balaban J connectivity index is 0. The molecule has 0 spiro atoms. The van der Waals surface area contributed by atoms with Gasteiger partial charge in [0, 0.05) is 6.54 Å². The van der Waals surface area contributed by atoms with Gasteiger partial charge in [-0.2, -0.15) is 8.42 Å². The Morgan fingerprint density at radius 1 is 1.07 bits per heavy atom. The van der Waals surface area contributed by atoms with Crippen LogP contribution in [0.3, 0.4) is 0 Å². The SMILES string of the molecule is Cl.O=S(=O)(O)CCNC(CO)(CO)CO. The van der Waals surface area contributed by atoms with Crippen LogP contribution in [0.2, 0.25) is 0 Å². The second kappa shape index (κ2) is 7.34. The van der Waals surface area contributed by atoms with Gasteiger partial charge in [0.05, 0.1) is 31.1 Å². The molecular formula is C6H16ClNO6S. The maximum Gasteiger partial charge on any atom is 0.266 e. The van der Waals surface area contributed by atoms with E-state index >= 15 is 0 Å². The summed E-state index contributed by atoms with van der Waals surface area (Å²) in [6, 6.07) is 0. The monoisotopic (exact) mass is 265 g/mol. The lowest BCUT2D eigenvalue weighted by Crippen LogP contribution is -2.55. The summed E-state index contributed by atoms with van der Waals surface area (Å²) in [6.07, 6.45) is 0. The van der Waals surface area contributed by atoms with Crippen molar-refractivity contribution in [3.05, 3.63) is 0 Å². The second-order valence-electron chi connectivity index (χ2n) is 2.97. The first-order valence-electron chi connectivity index (χ1n) is 3.92. The van der Waals surface area contributed by atoms with Crippen molar-refractivity contribution in [2.45, 2.75) is 5.54 Å². The van der Waals surface area contributed by atoms with Crippen LogP contribution < -0.4 is 5.32 Å². The molecule has 0 fully saturated rings. The molecule has 0 amide bonds. The van der Waals surface area contributed by atoms with Gasteiger partial charge in [-0.05, 0) is 0 Å². The number of rotatable bonds is 7. The van der Waals surface area contributed by atoms with Gasteiger partial charge in [0.1, 0.15) is 0 Å². The Morgan fingerprint density at radius 3 is 1.73 bits per heavy atom. The molecular weight excluding hydrogens is 250 g/mol. The zero-order valence-electron chi connectivity index (χ0n) is 7.96. The quantitative estimate of drug-likeness (QED) is 0.325. The highest BCUT2D eigenvalue weighted by molar-refractivity contribution is 7.85. The predicted octanol–water partition coefficient (Wildman–Crippen LogP) is -2.40. The Morgan fingerprint density at radius 2 is 1.47 bits per heavy atom. The molecule has 0 rings (SSSR count). The summed E-state index contributed by atoms with van der Waals surface area (Å²) in [5.74, 6) is -0.547. The summed E-state index contributed by atoms with van der Waals surface area (Å²) in [4.78, 5) is 0. The van der Waals surface area contributed by atoms with Crippen LogP contribution in [0, 0.1) is 0 Å². The van der Waals surface area contributed by atoms with E-state index in [1.54, 1.807) is 0 Å². The minimum Gasteiger partial charge on any atom is -0.394 e. The third kappa shape index (κ3) is 7.01. The first-order valence-corrected chi connectivity index (χ1v) is 5.53. The highest BCUT2D eigenvalue weighted by atomic mass is 35.5. The summed E-state index contributed by atoms with van der Waals surface area (Å²) in [5.41, 5.74) is -1.31. The topological polar surface area (TPSA) is 127 Å². The lowest BCUT2D eigenvalue weighted by Gasteiger charge is -2.28. The van der Waals surface area contributed by atoms with Crippen molar-refractivity contribution >= 4 is 22.5 Å². The number of nitrogens with one attached hydrogen (secondary N) is 1. The summed E-state index contributed by atoms with van der Waals surface area (Å²) < 4.78 is 29.0. The van der Waals surface area contributed by atoms with Crippen LogP contribution in [0.15, 0.2) is 0 Å². The zero-order valence-corrected chi connectivity index (χ0v) is 9.59. The average molecular weight is 266 g/mol. The number of aliphatic hydroxyl groups is 3. The van der Waals surface area contributed by atoms with Crippen molar-refractivity contribution in [2.75, 3.05) is 32.1 Å². The number of hydrogen-bond acceptors (Lipinski definition) is 6. The standard InChI is InChI=1S/C6H15NO6S.ClH/c8-3-6(4-9,5-10)7-1-2-14(11,12)13;/h7-10H,1-5H2,(H,11,12,13);1H. The van der Waals surface area contributed by atoms with Crippen LogP contribution in [0.4, 0.5) is 0 Å². The van der Waals surface area contributed by atoms with Crippen molar-refractivity contribution in [3.8, 4) is 0 Å². The first kappa shape index (κ1) is 17.4. The van der Waals surface area contributed by atoms with E-state index in [-0.39, 0.29) is 19.0 Å². The molecule has 15 heavy (non-hydrogen) atoms. The molecule has 0 aromatic carbocycles. The van der Waals surface area contributed by atoms with Crippen molar-refractivity contribution < 1.29 is 28.3 Å². The van der Waals surface area contributed by atoms with Gasteiger partial charge in [0.15, 0.2) is 0 Å². The van der Waals surface area contributed by atoms with Gasteiger partial charge < -0.3 is 20.6 Å². The molecule has 5 N–H and O–H groups in total. The van der Waals surface area contributed by atoms with E-state index in [1.165, 1.54) is 0 Å². The molecule has 94 valence electrons. The molecule has 0 heterocycles. The number of halogens is 1. The molecule has 0 aromatic heterocycles. The lowest BCUT2D eigenvalue weighted by atomic mass is 10.0. The summed E-state index contributed by atoms with van der Waals surface area (Å²) in [5, 5.41) is 28.9. The second-order valence-corrected chi connectivity index (χ2v) is 4.54. The summed E-state index contributed by atoms with van der Waals surface area (Å²) in [6.45, 7) is -1.77. The molecule has 0 aliphatic heterocycles. The number of aliphatic hydroxyl groups excluding tert-OH is 3. The maximum atomic E-state index is 10.3. The molecule has 0 atom stereocenters. The van der Waals surface area contributed by atoms with Gasteiger partial charge in [0.2, 0.25) is 0 Å². The third-order valence-electron chi connectivity index (χ3n) is 1.77. The van der Waals surface area contributed by atoms with Crippen molar-refractivity contribution in [2.24, 2.45) is 0 Å². The van der Waals surface area contributed by atoms with Crippen LogP contribution in [-0.4, -0.2) is 65.9 Å². The van der Waals surface area contributed by atoms with Crippen LogP contribution in [-0.2, 0) is 10.1 Å². The van der Waals surface area contributed by atoms with Crippen molar-refractivity contribution in [3.63, 3.8) is 0 Å². The predicted molar refractivity (Wildman–Crippen MR) is 55.7 cm³/mol. The smallest absolute Gasteiger partial charge is 0.266 e. The average Bonchev–Trinajstić information content (AvgIpc) is 2.11. The van der Waals surface area contributed by atoms with Gasteiger partial charge in [-0.1, -0.05) is 0 Å². The zero-order chi connectivity index (χ0) is 11.2. The molecule has 0 aliphatic carbocycles. The third-order valence-corrected chi connectivity index (χ3v) is 2.49. The number of hydrogen-bond donors (Lipinski definition) is 5. The molecule has 0 aromatic rings. The Bertz CT molecular complexity index is 244. The minimum absolute atomic E-state index is 0. The van der Waals surface area contributed by atoms with E-state index in [2.05, 4.69) is 5.32 Å². The molecule has 0 saturated heterocycles. The van der Waals surface area contributed by atoms with Crippen LogP contribution >= 0.6 is 12.4 Å². The van der Waals surface area contributed by atoms with Crippen molar-refractivity contribution in [1.82, 2.24) is 5.32 Å². The van der Waals surface area contributed by atoms with Crippen molar-refractivity contribution in [1.29, 1.82) is 0 Å². The van der Waals surface area contributed by atoms with Gasteiger partial charge in [-0.15, -0.1) is 12.4 Å². The largest absolute Gasteiger partial charge is 0.394 e. The molecule has 0 saturated carbocycles. The van der Waals surface area contributed by atoms with Gasteiger partial charge in [-0.25, -0.2) is 0 Å². The Labute approximate surface area is 94.3 Å². The van der Waals surface area contributed by atoms with E-state index in [4.69, 9.17) is 19.9 Å². The molecule has 0 unspecified atom stereocenters. The molecule has 7 nitrogen and oxygen atoms in total. The maximum absolute atomic E-state index is 10.3. The summed E-state index contributed by atoms with van der Waals surface area (Å²) >= 11 is 0. The summed E-state index contributed by atoms with van der Waals surface area (Å²) in [7, 11) is -4.08. The van der Waals surface area contributed by atoms with Crippen LogP contribution in [0.5, 0.6) is 0 Å².